The first-order chi connectivity index (χ1) is 9.04. The van der Waals surface area contributed by atoms with Gasteiger partial charge in [0.1, 0.15) is 17.4 Å². The lowest BCUT2D eigenvalue weighted by atomic mass is 9.91. The minimum atomic E-state index is -0.425. The fourth-order valence-corrected chi connectivity index (χ4v) is 2.04. The van der Waals surface area contributed by atoms with Gasteiger partial charge in [0.15, 0.2) is 0 Å². The lowest BCUT2D eigenvalue weighted by Crippen LogP contribution is -2.13. The topological polar surface area (TPSA) is 56.6 Å². The van der Waals surface area contributed by atoms with Gasteiger partial charge in [0.2, 0.25) is 0 Å². The summed E-state index contributed by atoms with van der Waals surface area (Å²) in [6.07, 6.45) is 1.62. The zero-order valence-electron chi connectivity index (χ0n) is 10.7. The molecule has 3 nitrogen and oxygen atoms in total. The molecule has 2 aromatic rings. The van der Waals surface area contributed by atoms with E-state index in [0.717, 1.165) is 5.56 Å². The van der Waals surface area contributed by atoms with Crippen molar-refractivity contribution in [2.24, 2.45) is 0 Å². The minimum Gasteiger partial charge on any atom is -0.328 e. The maximum absolute atomic E-state index is 13.0. The lowest BCUT2D eigenvalue weighted by Gasteiger charge is -2.13. The largest absolute Gasteiger partial charge is 0.328 e. The average molecular weight is 256 g/mol. The number of nitriles is 1. The van der Waals surface area contributed by atoms with Crippen molar-refractivity contribution in [1.29, 1.82) is 5.26 Å². The van der Waals surface area contributed by atoms with Crippen LogP contribution >= 0.6 is 0 Å². The highest BCUT2D eigenvalue weighted by atomic mass is 19.1. The average Bonchev–Trinajstić information content (AvgIpc) is 2.39. The van der Waals surface area contributed by atoms with E-state index >= 15 is 0 Å². The maximum Gasteiger partial charge on any atom is 0.266 e. The van der Waals surface area contributed by atoms with Crippen LogP contribution in [0.2, 0.25) is 0 Å². The monoisotopic (exact) mass is 256 g/mol. The summed E-state index contributed by atoms with van der Waals surface area (Å²) in [5.41, 5.74) is 1.76. The summed E-state index contributed by atoms with van der Waals surface area (Å²) in [7, 11) is 0. The minimum absolute atomic E-state index is 0.0674. The fourth-order valence-electron chi connectivity index (χ4n) is 2.04. The van der Waals surface area contributed by atoms with Crippen LogP contribution in [-0.2, 0) is 0 Å². The van der Waals surface area contributed by atoms with Crippen molar-refractivity contribution in [2.45, 2.75) is 19.8 Å². The number of hydrogen-bond acceptors (Lipinski definition) is 2. The molecule has 0 fully saturated rings. The molecule has 1 N–H and O–H groups in total. The molecule has 0 saturated heterocycles. The van der Waals surface area contributed by atoms with E-state index in [-0.39, 0.29) is 17.3 Å². The van der Waals surface area contributed by atoms with Crippen LogP contribution in [0.4, 0.5) is 4.39 Å². The van der Waals surface area contributed by atoms with Gasteiger partial charge in [-0.05, 0) is 29.2 Å². The Bertz CT molecular complexity index is 694. The molecule has 0 aliphatic carbocycles. The molecular formula is C15H13FN2O. The second-order valence-corrected chi connectivity index (χ2v) is 4.60. The first-order valence-electron chi connectivity index (χ1n) is 5.96. The number of pyridine rings is 1. The van der Waals surface area contributed by atoms with Crippen LogP contribution in [0.5, 0.6) is 0 Å². The van der Waals surface area contributed by atoms with Crippen LogP contribution in [0.3, 0.4) is 0 Å². The summed E-state index contributed by atoms with van der Waals surface area (Å²) in [6, 6.07) is 7.74. The zero-order chi connectivity index (χ0) is 14.0. The van der Waals surface area contributed by atoms with Gasteiger partial charge in [-0.15, -0.1) is 0 Å². The molecule has 0 amide bonds. The van der Waals surface area contributed by atoms with Gasteiger partial charge in [-0.3, -0.25) is 4.79 Å². The van der Waals surface area contributed by atoms with Gasteiger partial charge in [0.05, 0.1) is 0 Å². The molecule has 1 heterocycles. The number of benzene rings is 1. The second kappa shape index (κ2) is 5.07. The molecule has 96 valence electrons. The number of aromatic amines is 1. The predicted molar refractivity (Wildman–Crippen MR) is 71.3 cm³/mol. The molecule has 4 heteroatoms. The van der Waals surface area contributed by atoms with E-state index in [4.69, 9.17) is 0 Å². The molecule has 0 aliphatic heterocycles. The Morgan fingerprint density at radius 3 is 2.42 bits per heavy atom. The van der Waals surface area contributed by atoms with E-state index in [1.54, 1.807) is 18.3 Å². The van der Waals surface area contributed by atoms with Crippen LogP contribution in [0, 0.1) is 17.1 Å². The van der Waals surface area contributed by atoms with Crippen LogP contribution in [0.1, 0.15) is 30.9 Å². The number of nitrogens with zero attached hydrogens (tertiary/aromatic N) is 1. The summed E-state index contributed by atoms with van der Waals surface area (Å²) in [5, 5.41) is 9.18. The van der Waals surface area contributed by atoms with E-state index in [1.165, 1.54) is 12.1 Å². The number of aromatic nitrogens is 1. The highest BCUT2D eigenvalue weighted by Crippen LogP contribution is 2.30. The molecule has 2 rings (SSSR count). The predicted octanol–water partition coefficient (Wildman–Crippen LogP) is 3.18. The highest BCUT2D eigenvalue weighted by Gasteiger charge is 2.16. The van der Waals surface area contributed by atoms with Crippen molar-refractivity contribution >= 4 is 0 Å². The molecule has 0 unspecified atom stereocenters. The maximum atomic E-state index is 13.0. The molecule has 0 atom stereocenters. The zero-order valence-corrected chi connectivity index (χ0v) is 10.7. The summed E-state index contributed by atoms with van der Waals surface area (Å²) >= 11 is 0. The van der Waals surface area contributed by atoms with E-state index < -0.39 is 5.56 Å². The molecule has 19 heavy (non-hydrogen) atoms. The Kier molecular flexibility index (Phi) is 3.48. The van der Waals surface area contributed by atoms with Crippen molar-refractivity contribution in [3.63, 3.8) is 0 Å². The van der Waals surface area contributed by atoms with E-state index in [1.807, 2.05) is 19.9 Å². The number of H-pyrrole nitrogens is 1. The van der Waals surface area contributed by atoms with Crippen molar-refractivity contribution < 1.29 is 4.39 Å². The smallest absolute Gasteiger partial charge is 0.266 e. The fraction of sp³-hybridized carbons (Fsp3) is 0.200. The van der Waals surface area contributed by atoms with Gasteiger partial charge in [-0.25, -0.2) is 4.39 Å². The number of rotatable bonds is 2. The van der Waals surface area contributed by atoms with Crippen LogP contribution in [-0.4, -0.2) is 4.98 Å². The standard InChI is InChI=1S/C15H13FN2O/c1-9(2)13-8-18-15(19)12(7-17)14(13)10-3-5-11(16)6-4-10/h3-6,8-9H,1-2H3,(H,18,19). The van der Waals surface area contributed by atoms with Crippen molar-refractivity contribution in [2.75, 3.05) is 0 Å². The molecule has 0 aliphatic rings. The Hall–Kier alpha value is -2.41. The highest BCUT2D eigenvalue weighted by molar-refractivity contribution is 5.73. The lowest BCUT2D eigenvalue weighted by molar-refractivity contribution is 0.628. The molecule has 1 aromatic heterocycles. The van der Waals surface area contributed by atoms with Crippen LogP contribution in [0.25, 0.3) is 11.1 Å². The number of halogens is 1. The van der Waals surface area contributed by atoms with E-state index in [0.29, 0.717) is 11.1 Å². The van der Waals surface area contributed by atoms with Gasteiger partial charge < -0.3 is 4.98 Å². The third-order valence-electron chi connectivity index (χ3n) is 2.99. The number of hydrogen-bond donors (Lipinski definition) is 1. The summed E-state index contributed by atoms with van der Waals surface area (Å²) < 4.78 is 13.0. The Morgan fingerprint density at radius 2 is 1.89 bits per heavy atom. The first kappa shape index (κ1) is 13.0. The van der Waals surface area contributed by atoms with Gasteiger partial charge >= 0.3 is 0 Å². The van der Waals surface area contributed by atoms with Crippen molar-refractivity contribution in [3.8, 4) is 17.2 Å². The number of nitrogens with one attached hydrogen (secondary N) is 1. The summed E-state index contributed by atoms with van der Waals surface area (Å²) in [4.78, 5) is 14.3. The molecule has 0 saturated carbocycles. The van der Waals surface area contributed by atoms with Crippen LogP contribution < -0.4 is 5.56 Å². The molecule has 1 aromatic carbocycles. The van der Waals surface area contributed by atoms with Crippen molar-refractivity contribution in [3.05, 3.63) is 57.8 Å². The SMILES string of the molecule is CC(C)c1c[nH]c(=O)c(C#N)c1-c1ccc(F)cc1. The van der Waals surface area contributed by atoms with Gasteiger partial charge in [-0.2, -0.15) is 5.26 Å². The summed E-state index contributed by atoms with van der Waals surface area (Å²) in [6.45, 7) is 3.95. The second-order valence-electron chi connectivity index (χ2n) is 4.60. The van der Waals surface area contributed by atoms with Gasteiger partial charge in [-0.1, -0.05) is 26.0 Å². The third kappa shape index (κ3) is 2.41. The Balaban J connectivity index is 2.79. The van der Waals surface area contributed by atoms with Gasteiger partial charge in [0, 0.05) is 11.8 Å². The summed E-state index contributed by atoms with van der Waals surface area (Å²) in [5.74, 6) is -0.206. The molecule has 0 radical (unpaired) electrons. The normalized spacial score (nSPS) is 10.5. The Morgan fingerprint density at radius 1 is 1.26 bits per heavy atom. The van der Waals surface area contributed by atoms with Crippen molar-refractivity contribution in [1.82, 2.24) is 4.98 Å². The van der Waals surface area contributed by atoms with Crippen LogP contribution in [0.15, 0.2) is 35.3 Å². The van der Waals surface area contributed by atoms with E-state index in [2.05, 4.69) is 4.98 Å². The molecular weight excluding hydrogens is 243 g/mol. The third-order valence-corrected chi connectivity index (χ3v) is 2.99. The van der Waals surface area contributed by atoms with E-state index in [9.17, 15) is 14.4 Å². The first-order valence-corrected chi connectivity index (χ1v) is 5.96. The molecule has 0 bridgehead atoms. The Labute approximate surface area is 110 Å². The quantitative estimate of drug-likeness (QED) is 0.897. The van der Waals surface area contributed by atoms with Gasteiger partial charge in [0.25, 0.3) is 5.56 Å². The molecule has 0 spiro atoms.